The van der Waals surface area contributed by atoms with Crippen LogP contribution in [0.25, 0.3) is 0 Å². The van der Waals surface area contributed by atoms with Crippen molar-refractivity contribution in [2.45, 2.75) is 17.1 Å². The maximum atomic E-state index is 13.7. The number of amides is 3. The van der Waals surface area contributed by atoms with Gasteiger partial charge in [-0.05, 0) is 25.1 Å². The molecule has 0 heterocycles. The molecule has 114 valence electrons. The van der Waals surface area contributed by atoms with Gasteiger partial charge in [-0.2, -0.15) is 0 Å². The second-order valence-corrected chi connectivity index (χ2v) is 6.23. The van der Waals surface area contributed by atoms with E-state index in [0.29, 0.717) is 6.07 Å². The number of carbonyl (C=O) groups is 3. The van der Waals surface area contributed by atoms with Crippen molar-refractivity contribution in [1.29, 1.82) is 0 Å². The molecule has 0 saturated heterocycles. The highest BCUT2D eigenvalue weighted by molar-refractivity contribution is 7.92. The molecule has 3 amide bonds. The summed E-state index contributed by atoms with van der Waals surface area (Å²) in [6, 6.07) is 0.899. The highest BCUT2D eigenvalue weighted by atomic mass is 32.2. The van der Waals surface area contributed by atoms with E-state index in [1.807, 2.05) is 0 Å². The molecule has 1 unspecified atom stereocenters. The number of carboxylic acids is 1. The Bertz CT molecular complexity index is 715. The number of nitrogens with one attached hydrogen (secondary N) is 1. The Morgan fingerprint density at radius 2 is 1.90 bits per heavy atom. The molecular formula is C11H11FN2O6S. The zero-order chi connectivity index (χ0) is 16.4. The SMILES string of the molecule is CC(C(=O)NC(N)=O)S(=O)(=O)c1ccc(C(=O)O)cc1F. The van der Waals surface area contributed by atoms with Gasteiger partial charge in [0.1, 0.15) is 16.0 Å². The van der Waals surface area contributed by atoms with Crippen LogP contribution in [0.5, 0.6) is 0 Å². The third-order valence-corrected chi connectivity index (χ3v) is 4.66. The normalized spacial score (nSPS) is 12.5. The lowest BCUT2D eigenvalue weighted by molar-refractivity contribution is -0.119. The molecule has 0 spiro atoms. The minimum Gasteiger partial charge on any atom is -0.478 e. The second kappa shape index (κ2) is 5.87. The molecule has 21 heavy (non-hydrogen) atoms. The smallest absolute Gasteiger partial charge is 0.335 e. The molecule has 0 aliphatic rings. The number of carbonyl (C=O) groups excluding carboxylic acids is 2. The average molecular weight is 318 g/mol. The molecule has 10 heteroatoms. The molecule has 0 aliphatic carbocycles. The lowest BCUT2D eigenvalue weighted by Crippen LogP contribution is -2.43. The van der Waals surface area contributed by atoms with E-state index in [2.05, 4.69) is 0 Å². The lowest BCUT2D eigenvalue weighted by atomic mass is 10.2. The van der Waals surface area contributed by atoms with Gasteiger partial charge in [0.25, 0.3) is 0 Å². The van der Waals surface area contributed by atoms with Crippen molar-refractivity contribution in [1.82, 2.24) is 5.32 Å². The zero-order valence-corrected chi connectivity index (χ0v) is 11.5. The number of hydrogen-bond acceptors (Lipinski definition) is 5. The van der Waals surface area contributed by atoms with Crippen LogP contribution in [0.2, 0.25) is 0 Å². The zero-order valence-electron chi connectivity index (χ0n) is 10.7. The van der Waals surface area contributed by atoms with Gasteiger partial charge in [0.05, 0.1) is 5.56 Å². The molecule has 1 atom stereocenters. The number of aromatic carboxylic acids is 1. The molecule has 0 radical (unpaired) electrons. The van der Waals surface area contributed by atoms with E-state index in [4.69, 9.17) is 10.8 Å². The molecule has 1 rings (SSSR count). The van der Waals surface area contributed by atoms with Crippen LogP contribution in [-0.4, -0.2) is 36.7 Å². The number of primary amides is 1. The van der Waals surface area contributed by atoms with Crippen molar-refractivity contribution in [3.63, 3.8) is 0 Å². The fourth-order valence-corrected chi connectivity index (χ4v) is 2.73. The van der Waals surface area contributed by atoms with E-state index in [0.717, 1.165) is 19.1 Å². The highest BCUT2D eigenvalue weighted by Gasteiger charge is 2.32. The van der Waals surface area contributed by atoms with Crippen molar-refractivity contribution < 1.29 is 32.3 Å². The Hall–Kier alpha value is -2.49. The van der Waals surface area contributed by atoms with E-state index >= 15 is 0 Å². The number of rotatable bonds is 4. The molecule has 4 N–H and O–H groups in total. The monoisotopic (exact) mass is 318 g/mol. The first kappa shape index (κ1) is 16.6. The number of hydrogen-bond donors (Lipinski definition) is 3. The predicted molar refractivity (Wildman–Crippen MR) is 67.7 cm³/mol. The Labute approximate surface area is 118 Å². The molecule has 0 bridgehead atoms. The molecular weight excluding hydrogens is 307 g/mol. The standard InChI is InChI=1S/C11H11FN2O6S/c1-5(9(15)14-11(13)18)21(19,20)8-3-2-6(10(16)17)4-7(8)12/h2-5H,1H3,(H,16,17)(H3,13,14,15,18). The van der Waals surface area contributed by atoms with Crippen LogP contribution in [0.15, 0.2) is 23.1 Å². The van der Waals surface area contributed by atoms with Crippen LogP contribution in [-0.2, 0) is 14.6 Å². The van der Waals surface area contributed by atoms with Crippen LogP contribution >= 0.6 is 0 Å². The van der Waals surface area contributed by atoms with Gasteiger partial charge in [0, 0.05) is 0 Å². The highest BCUT2D eigenvalue weighted by Crippen LogP contribution is 2.21. The minimum absolute atomic E-state index is 0.444. The summed E-state index contributed by atoms with van der Waals surface area (Å²) < 4.78 is 37.8. The first-order valence-corrected chi connectivity index (χ1v) is 6.99. The molecule has 1 aromatic carbocycles. The summed E-state index contributed by atoms with van der Waals surface area (Å²) in [6.45, 7) is 0.943. The van der Waals surface area contributed by atoms with Crippen molar-refractivity contribution in [2.24, 2.45) is 5.73 Å². The largest absolute Gasteiger partial charge is 0.478 e. The van der Waals surface area contributed by atoms with Crippen molar-refractivity contribution in [3.8, 4) is 0 Å². The second-order valence-electron chi connectivity index (χ2n) is 3.99. The molecule has 0 saturated carbocycles. The minimum atomic E-state index is -4.44. The number of benzene rings is 1. The molecule has 8 nitrogen and oxygen atoms in total. The molecule has 0 aromatic heterocycles. The Balaban J connectivity index is 3.22. The number of halogens is 1. The fraction of sp³-hybridized carbons (Fsp3) is 0.182. The Morgan fingerprint density at radius 3 is 2.33 bits per heavy atom. The first-order chi connectivity index (χ1) is 9.57. The number of sulfone groups is 1. The van der Waals surface area contributed by atoms with Gasteiger partial charge in [0.2, 0.25) is 5.91 Å². The van der Waals surface area contributed by atoms with Gasteiger partial charge in [0.15, 0.2) is 9.84 Å². The van der Waals surface area contributed by atoms with E-state index in [1.165, 1.54) is 0 Å². The maximum absolute atomic E-state index is 13.7. The van der Waals surface area contributed by atoms with Gasteiger partial charge in [-0.1, -0.05) is 0 Å². The molecule has 1 aromatic rings. The van der Waals surface area contributed by atoms with Crippen LogP contribution in [0.4, 0.5) is 9.18 Å². The van der Waals surface area contributed by atoms with E-state index in [9.17, 15) is 27.2 Å². The summed E-state index contributed by atoms with van der Waals surface area (Å²) in [4.78, 5) is 31.8. The topological polar surface area (TPSA) is 144 Å². The Morgan fingerprint density at radius 1 is 1.33 bits per heavy atom. The van der Waals surface area contributed by atoms with E-state index in [-0.39, 0.29) is 0 Å². The summed E-state index contributed by atoms with van der Waals surface area (Å²) in [5.41, 5.74) is 4.25. The number of carboxylic acid groups (broad SMARTS) is 1. The van der Waals surface area contributed by atoms with Crippen molar-refractivity contribution in [2.75, 3.05) is 0 Å². The summed E-state index contributed by atoms with van der Waals surface area (Å²) in [5, 5.41) is 8.46. The van der Waals surface area contributed by atoms with E-state index < -0.39 is 49.3 Å². The number of urea groups is 1. The average Bonchev–Trinajstić information content (AvgIpc) is 2.36. The van der Waals surface area contributed by atoms with Crippen LogP contribution < -0.4 is 11.1 Å². The quantitative estimate of drug-likeness (QED) is 0.706. The van der Waals surface area contributed by atoms with Crippen molar-refractivity contribution in [3.05, 3.63) is 29.6 Å². The van der Waals surface area contributed by atoms with Gasteiger partial charge in [-0.3, -0.25) is 10.1 Å². The van der Waals surface area contributed by atoms with Crippen LogP contribution in [0.3, 0.4) is 0 Å². The van der Waals surface area contributed by atoms with Crippen LogP contribution in [0, 0.1) is 5.82 Å². The number of nitrogens with two attached hydrogens (primary N) is 1. The van der Waals surface area contributed by atoms with Gasteiger partial charge in [-0.25, -0.2) is 22.4 Å². The maximum Gasteiger partial charge on any atom is 0.335 e. The van der Waals surface area contributed by atoms with E-state index in [1.54, 1.807) is 5.32 Å². The third-order valence-electron chi connectivity index (χ3n) is 2.57. The van der Waals surface area contributed by atoms with Gasteiger partial charge >= 0.3 is 12.0 Å². The van der Waals surface area contributed by atoms with Gasteiger partial charge < -0.3 is 10.8 Å². The fourth-order valence-electron chi connectivity index (χ4n) is 1.42. The van der Waals surface area contributed by atoms with Crippen LogP contribution in [0.1, 0.15) is 17.3 Å². The Kier molecular flexibility index (Phi) is 4.63. The van der Waals surface area contributed by atoms with Gasteiger partial charge in [-0.15, -0.1) is 0 Å². The van der Waals surface area contributed by atoms with Crippen molar-refractivity contribution >= 4 is 27.7 Å². The lowest BCUT2D eigenvalue weighted by Gasteiger charge is -2.12. The summed E-state index contributed by atoms with van der Waals surface area (Å²) in [7, 11) is -4.44. The third kappa shape index (κ3) is 3.54. The first-order valence-electron chi connectivity index (χ1n) is 5.44. The summed E-state index contributed by atoms with van der Waals surface area (Å²) in [5.74, 6) is -3.96. The molecule has 0 fully saturated rings. The summed E-state index contributed by atoms with van der Waals surface area (Å²) >= 11 is 0. The predicted octanol–water partition coefficient (Wildman–Crippen LogP) is -0.119. The number of imide groups is 1. The summed E-state index contributed by atoms with van der Waals surface area (Å²) in [6.07, 6.45) is 0. The molecule has 0 aliphatic heterocycles.